The van der Waals surface area contributed by atoms with Gasteiger partial charge in [0.1, 0.15) is 0 Å². The number of aliphatic hydroxyl groups is 1. The molecule has 0 amide bonds. The molecule has 27 heavy (non-hydrogen) atoms. The van der Waals surface area contributed by atoms with Crippen LogP contribution in [0, 0.1) is 46.3 Å². The van der Waals surface area contributed by atoms with Gasteiger partial charge in [-0.2, -0.15) is 0 Å². The average Bonchev–Trinajstić information content (AvgIpc) is 2.97. The third-order valence-electron chi connectivity index (χ3n) is 10.2. The summed E-state index contributed by atoms with van der Waals surface area (Å²) < 4.78 is 0. The van der Waals surface area contributed by atoms with Crippen LogP contribution in [0.5, 0.6) is 0 Å². The summed E-state index contributed by atoms with van der Waals surface area (Å²) in [6.07, 6.45) is 12.5. The topological polar surface area (TPSA) is 57.5 Å². The van der Waals surface area contributed by atoms with Crippen LogP contribution >= 0.6 is 0 Å². The van der Waals surface area contributed by atoms with Crippen LogP contribution in [0.2, 0.25) is 0 Å². The summed E-state index contributed by atoms with van der Waals surface area (Å²) in [4.78, 5) is 11.0. The SMILES string of the molecule is C[C@H](CCC(=O)O)[C@H]1CC[C@H]2[C@@H]3[C@H](O)C[C@H]4CCCC[C@]4(C)[C@H]3CC[C@]12C. The van der Waals surface area contributed by atoms with Crippen LogP contribution in [-0.4, -0.2) is 22.3 Å². The van der Waals surface area contributed by atoms with Crippen LogP contribution in [0.25, 0.3) is 0 Å². The smallest absolute Gasteiger partial charge is 0.303 e. The predicted molar refractivity (Wildman–Crippen MR) is 107 cm³/mol. The summed E-state index contributed by atoms with van der Waals surface area (Å²) >= 11 is 0. The standard InChI is InChI=1S/C24H40O3/c1-15(7-10-21(26)27)17-8-9-18-22-19(11-13-24(17,18)3)23(2)12-5-4-6-16(23)14-20(22)25/h15-20,22,25H,4-14H2,1-3H3,(H,26,27)/t15-,16-,17-,18+,19+,20-,22+,23+,24-/m1/s1. The molecule has 0 aromatic heterocycles. The second kappa shape index (κ2) is 7.04. The van der Waals surface area contributed by atoms with Crippen molar-refractivity contribution < 1.29 is 15.0 Å². The lowest BCUT2D eigenvalue weighted by Crippen LogP contribution is -2.57. The van der Waals surface area contributed by atoms with Gasteiger partial charge in [0.15, 0.2) is 0 Å². The number of hydrogen-bond donors (Lipinski definition) is 2. The van der Waals surface area contributed by atoms with Crippen molar-refractivity contribution in [1.82, 2.24) is 0 Å². The first-order valence-corrected chi connectivity index (χ1v) is 11.7. The molecule has 0 unspecified atom stereocenters. The molecule has 0 aromatic carbocycles. The first-order chi connectivity index (χ1) is 12.8. The number of fused-ring (bicyclic) bond motifs is 5. The van der Waals surface area contributed by atoms with Crippen LogP contribution < -0.4 is 0 Å². The molecule has 4 aliphatic rings. The highest BCUT2D eigenvalue weighted by Crippen LogP contribution is 2.68. The van der Waals surface area contributed by atoms with Crippen molar-refractivity contribution >= 4 is 5.97 Å². The van der Waals surface area contributed by atoms with E-state index in [0.717, 1.165) is 18.8 Å². The lowest BCUT2D eigenvalue weighted by molar-refractivity contribution is -0.164. The predicted octanol–water partition coefficient (Wildman–Crippen LogP) is 5.51. The number of carboxylic acids is 1. The fraction of sp³-hybridized carbons (Fsp3) is 0.958. The Morgan fingerprint density at radius 1 is 1.04 bits per heavy atom. The van der Waals surface area contributed by atoms with Gasteiger partial charge in [-0.25, -0.2) is 0 Å². The van der Waals surface area contributed by atoms with Crippen LogP contribution in [-0.2, 0) is 4.79 Å². The molecule has 0 heterocycles. The largest absolute Gasteiger partial charge is 0.481 e. The zero-order chi connectivity index (χ0) is 19.4. The monoisotopic (exact) mass is 376 g/mol. The van der Waals surface area contributed by atoms with Crippen molar-refractivity contribution in [3.63, 3.8) is 0 Å². The van der Waals surface area contributed by atoms with Crippen molar-refractivity contribution in [1.29, 1.82) is 0 Å². The Hall–Kier alpha value is -0.570. The first kappa shape index (κ1) is 19.7. The van der Waals surface area contributed by atoms with Gasteiger partial charge in [-0.15, -0.1) is 0 Å². The molecule has 154 valence electrons. The Morgan fingerprint density at radius 2 is 1.78 bits per heavy atom. The molecule has 0 aromatic rings. The first-order valence-electron chi connectivity index (χ1n) is 11.7. The van der Waals surface area contributed by atoms with Gasteiger partial charge >= 0.3 is 5.97 Å². The van der Waals surface area contributed by atoms with Crippen molar-refractivity contribution in [2.24, 2.45) is 46.3 Å². The van der Waals surface area contributed by atoms with Crippen LogP contribution in [0.15, 0.2) is 0 Å². The second-order valence-electron chi connectivity index (χ2n) is 11.2. The van der Waals surface area contributed by atoms with Gasteiger partial charge in [-0.1, -0.05) is 33.6 Å². The van der Waals surface area contributed by atoms with Crippen molar-refractivity contribution in [2.75, 3.05) is 0 Å². The minimum atomic E-state index is -0.663. The highest BCUT2D eigenvalue weighted by Gasteiger charge is 2.62. The molecule has 4 saturated carbocycles. The number of carboxylic acid groups (broad SMARTS) is 1. The van der Waals surface area contributed by atoms with Gasteiger partial charge in [-0.3, -0.25) is 4.79 Å². The van der Waals surface area contributed by atoms with Gasteiger partial charge < -0.3 is 10.2 Å². The van der Waals surface area contributed by atoms with E-state index in [4.69, 9.17) is 5.11 Å². The third kappa shape index (κ3) is 3.07. The molecule has 4 aliphatic carbocycles. The normalized spacial score (nSPS) is 50.4. The van der Waals surface area contributed by atoms with E-state index in [2.05, 4.69) is 20.8 Å². The third-order valence-corrected chi connectivity index (χ3v) is 10.2. The maximum Gasteiger partial charge on any atom is 0.303 e. The maximum absolute atomic E-state index is 11.2. The number of rotatable bonds is 4. The molecule has 0 spiro atoms. The van der Waals surface area contributed by atoms with Crippen LogP contribution in [0.4, 0.5) is 0 Å². The van der Waals surface area contributed by atoms with Crippen molar-refractivity contribution in [3.8, 4) is 0 Å². The van der Waals surface area contributed by atoms with E-state index >= 15 is 0 Å². The zero-order valence-corrected chi connectivity index (χ0v) is 17.6. The molecule has 0 bridgehead atoms. The highest BCUT2D eigenvalue weighted by atomic mass is 16.4. The summed E-state index contributed by atoms with van der Waals surface area (Å²) in [7, 11) is 0. The molecular formula is C24H40O3. The van der Waals surface area contributed by atoms with Gasteiger partial charge in [0, 0.05) is 6.42 Å². The summed E-state index contributed by atoms with van der Waals surface area (Å²) in [5.41, 5.74) is 0.758. The molecule has 2 N–H and O–H groups in total. The fourth-order valence-electron chi connectivity index (χ4n) is 8.78. The van der Waals surface area contributed by atoms with E-state index < -0.39 is 5.97 Å². The number of aliphatic carboxylic acids is 1. The molecule has 9 atom stereocenters. The second-order valence-corrected chi connectivity index (χ2v) is 11.2. The average molecular weight is 377 g/mol. The van der Waals surface area contributed by atoms with Gasteiger partial charge in [0.2, 0.25) is 0 Å². The molecule has 4 rings (SSSR count). The number of carbonyl (C=O) groups is 1. The summed E-state index contributed by atoms with van der Waals surface area (Å²) in [5, 5.41) is 20.3. The van der Waals surface area contributed by atoms with E-state index in [9.17, 15) is 9.90 Å². The molecule has 4 fully saturated rings. The lowest BCUT2D eigenvalue weighted by Gasteiger charge is -2.62. The fourth-order valence-corrected chi connectivity index (χ4v) is 8.78. The summed E-state index contributed by atoms with van der Waals surface area (Å²) in [6, 6.07) is 0. The van der Waals surface area contributed by atoms with E-state index in [0.29, 0.717) is 46.8 Å². The Bertz CT molecular complexity index is 574. The van der Waals surface area contributed by atoms with Crippen molar-refractivity contribution in [2.45, 2.75) is 97.5 Å². The van der Waals surface area contributed by atoms with Gasteiger partial charge in [-0.05, 0) is 97.7 Å². The maximum atomic E-state index is 11.2. The molecular weight excluding hydrogens is 336 g/mol. The molecule has 3 heteroatoms. The van der Waals surface area contributed by atoms with E-state index in [-0.39, 0.29) is 6.10 Å². The molecule has 3 nitrogen and oxygen atoms in total. The highest BCUT2D eigenvalue weighted by molar-refractivity contribution is 5.66. The minimum absolute atomic E-state index is 0.108. The Labute approximate surface area is 165 Å². The Balaban J connectivity index is 1.56. The minimum Gasteiger partial charge on any atom is -0.481 e. The van der Waals surface area contributed by atoms with E-state index in [1.165, 1.54) is 51.4 Å². The van der Waals surface area contributed by atoms with E-state index in [1.54, 1.807) is 0 Å². The zero-order valence-electron chi connectivity index (χ0n) is 17.6. The number of aliphatic hydroxyl groups excluding tert-OH is 1. The lowest BCUT2D eigenvalue weighted by atomic mass is 9.44. The van der Waals surface area contributed by atoms with Crippen LogP contribution in [0.1, 0.15) is 91.4 Å². The summed E-state index contributed by atoms with van der Waals surface area (Å²) in [6.45, 7) is 7.33. The van der Waals surface area contributed by atoms with Crippen LogP contribution in [0.3, 0.4) is 0 Å². The number of hydrogen-bond acceptors (Lipinski definition) is 2. The Kier molecular flexibility index (Phi) is 5.15. The quantitative estimate of drug-likeness (QED) is 0.680. The molecule has 0 saturated heterocycles. The molecule has 0 radical (unpaired) electrons. The molecule has 0 aliphatic heterocycles. The Morgan fingerprint density at radius 3 is 2.52 bits per heavy atom. The van der Waals surface area contributed by atoms with Gasteiger partial charge in [0.05, 0.1) is 6.10 Å². The van der Waals surface area contributed by atoms with Crippen molar-refractivity contribution in [3.05, 3.63) is 0 Å². The van der Waals surface area contributed by atoms with Gasteiger partial charge in [0.25, 0.3) is 0 Å². The summed E-state index contributed by atoms with van der Waals surface area (Å²) in [5.74, 6) is 3.02. The van der Waals surface area contributed by atoms with E-state index in [1.807, 2.05) is 0 Å².